The van der Waals surface area contributed by atoms with Crippen LogP contribution in [0.4, 0.5) is 0 Å². The van der Waals surface area contributed by atoms with Crippen LogP contribution in [0.25, 0.3) is 0 Å². The quantitative estimate of drug-likeness (QED) is 0.871. The summed E-state index contributed by atoms with van der Waals surface area (Å²) >= 11 is 0. The number of phenolic OH excluding ortho intramolecular Hbond substituents is 1. The molecule has 0 aliphatic carbocycles. The first-order chi connectivity index (χ1) is 9.61. The minimum absolute atomic E-state index is 0.0200. The number of amides is 2. The molecule has 5 heteroatoms. The molecule has 1 fully saturated rings. The molecule has 2 rings (SSSR count). The van der Waals surface area contributed by atoms with Gasteiger partial charge >= 0.3 is 0 Å². The normalized spacial score (nSPS) is 14.3. The molecular weight excluding hydrogens is 256 g/mol. The summed E-state index contributed by atoms with van der Waals surface area (Å²) in [7, 11) is 0. The number of phenols is 1. The molecule has 2 amide bonds. The number of rotatable bonds is 4. The average Bonchev–Trinajstić information content (AvgIpc) is 2.98. The molecule has 0 atom stereocenters. The first kappa shape index (κ1) is 14.4. The van der Waals surface area contributed by atoms with E-state index in [1.54, 1.807) is 23.1 Å². The lowest BCUT2D eigenvalue weighted by Crippen LogP contribution is -2.38. The number of carbonyl (C=O) groups excluding carboxylic acids is 2. The summed E-state index contributed by atoms with van der Waals surface area (Å²) in [6, 6.07) is 4.97. The van der Waals surface area contributed by atoms with Crippen LogP contribution in [0.2, 0.25) is 0 Å². The van der Waals surface area contributed by atoms with Crippen molar-refractivity contribution in [3.63, 3.8) is 0 Å². The zero-order valence-electron chi connectivity index (χ0n) is 11.7. The van der Waals surface area contributed by atoms with E-state index < -0.39 is 5.91 Å². The third kappa shape index (κ3) is 3.29. The van der Waals surface area contributed by atoms with E-state index >= 15 is 0 Å². The number of nitrogens with one attached hydrogen (secondary N) is 1. The van der Waals surface area contributed by atoms with Crippen molar-refractivity contribution >= 4 is 11.8 Å². The van der Waals surface area contributed by atoms with Crippen molar-refractivity contribution in [3.8, 4) is 5.75 Å². The van der Waals surface area contributed by atoms with Crippen LogP contribution >= 0.6 is 0 Å². The van der Waals surface area contributed by atoms with Crippen LogP contribution < -0.4 is 5.32 Å². The Bertz CT molecular complexity index is 508. The fourth-order valence-electron chi connectivity index (χ4n) is 2.32. The summed E-state index contributed by atoms with van der Waals surface area (Å²) in [5.41, 5.74) is 1.17. The Hall–Kier alpha value is -2.04. The largest absolute Gasteiger partial charge is 0.507 e. The van der Waals surface area contributed by atoms with Crippen molar-refractivity contribution < 1.29 is 14.7 Å². The minimum Gasteiger partial charge on any atom is -0.507 e. The molecule has 0 spiro atoms. The predicted octanol–water partition coefficient (Wildman–Crippen LogP) is 1.31. The van der Waals surface area contributed by atoms with E-state index in [1.165, 1.54) is 0 Å². The number of nitrogens with zero attached hydrogens (tertiary/aromatic N) is 1. The van der Waals surface area contributed by atoms with Gasteiger partial charge in [0.15, 0.2) is 0 Å². The van der Waals surface area contributed by atoms with Crippen molar-refractivity contribution in [1.29, 1.82) is 0 Å². The molecule has 0 radical (unpaired) electrons. The molecule has 1 saturated heterocycles. The van der Waals surface area contributed by atoms with E-state index in [2.05, 4.69) is 5.32 Å². The van der Waals surface area contributed by atoms with Crippen LogP contribution in [0.15, 0.2) is 18.2 Å². The van der Waals surface area contributed by atoms with Crippen molar-refractivity contribution in [1.82, 2.24) is 10.2 Å². The molecule has 1 aromatic rings. The lowest BCUT2D eigenvalue weighted by atomic mass is 10.1. The highest BCUT2D eigenvalue weighted by atomic mass is 16.3. The molecule has 0 aromatic heterocycles. The standard InChI is InChI=1S/C15H20N2O3/c1-2-11-5-6-12(13(18)9-11)15(20)16-10-14(19)17-7-3-4-8-17/h5-6,9,18H,2-4,7-8,10H2,1H3,(H,16,20). The molecule has 5 nitrogen and oxygen atoms in total. The van der Waals surface area contributed by atoms with Gasteiger partial charge in [-0.2, -0.15) is 0 Å². The molecule has 20 heavy (non-hydrogen) atoms. The number of aromatic hydroxyl groups is 1. The van der Waals surface area contributed by atoms with Crippen molar-refractivity contribution in [2.75, 3.05) is 19.6 Å². The number of likely N-dealkylation sites (tertiary alicyclic amines) is 1. The number of carbonyl (C=O) groups is 2. The summed E-state index contributed by atoms with van der Waals surface area (Å²) in [4.78, 5) is 25.5. The van der Waals surface area contributed by atoms with Crippen molar-refractivity contribution in [2.45, 2.75) is 26.2 Å². The highest BCUT2D eigenvalue weighted by Crippen LogP contribution is 2.19. The Kier molecular flexibility index (Phi) is 4.61. The summed E-state index contributed by atoms with van der Waals surface area (Å²) in [6.07, 6.45) is 2.85. The fourth-order valence-corrected chi connectivity index (χ4v) is 2.32. The fraction of sp³-hybridized carbons (Fsp3) is 0.467. The molecule has 1 aromatic carbocycles. The van der Waals surface area contributed by atoms with Gasteiger partial charge in [0.05, 0.1) is 12.1 Å². The van der Waals surface area contributed by atoms with Crippen molar-refractivity contribution in [2.24, 2.45) is 0 Å². The Morgan fingerprint density at radius 3 is 2.60 bits per heavy atom. The van der Waals surface area contributed by atoms with Gasteiger partial charge in [0.2, 0.25) is 5.91 Å². The van der Waals surface area contributed by atoms with E-state index in [-0.39, 0.29) is 23.8 Å². The van der Waals surface area contributed by atoms with Gasteiger partial charge in [-0.15, -0.1) is 0 Å². The van der Waals surface area contributed by atoms with E-state index in [0.717, 1.165) is 37.9 Å². The second-order valence-corrected chi connectivity index (χ2v) is 4.98. The van der Waals surface area contributed by atoms with Gasteiger partial charge in [0, 0.05) is 13.1 Å². The summed E-state index contributed by atoms with van der Waals surface area (Å²) in [5, 5.41) is 12.4. The zero-order valence-corrected chi connectivity index (χ0v) is 11.7. The van der Waals surface area contributed by atoms with Crippen LogP contribution in [0.1, 0.15) is 35.7 Å². The second kappa shape index (κ2) is 6.41. The molecule has 1 aliphatic heterocycles. The molecule has 0 bridgehead atoms. The van der Waals surface area contributed by atoms with Gasteiger partial charge in [0.25, 0.3) is 5.91 Å². The lowest BCUT2D eigenvalue weighted by Gasteiger charge is -2.15. The molecule has 0 unspecified atom stereocenters. The second-order valence-electron chi connectivity index (χ2n) is 4.98. The summed E-state index contributed by atoms with van der Waals surface area (Å²) < 4.78 is 0. The Morgan fingerprint density at radius 1 is 1.30 bits per heavy atom. The number of hydrogen-bond donors (Lipinski definition) is 2. The maximum atomic E-state index is 11.9. The van der Waals surface area contributed by atoms with Crippen LogP contribution in [0.3, 0.4) is 0 Å². The van der Waals surface area contributed by atoms with Crippen LogP contribution in [-0.4, -0.2) is 41.5 Å². The van der Waals surface area contributed by atoms with E-state index in [0.29, 0.717) is 0 Å². The number of benzene rings is 1. The van der Waals surface area contributed by atoms with E-state index in [4.69, 9.17) is 0 Å². The van der Waals surface area contributed by atoms with Crippen LogP contribution in [0.5, 0.6) is 5.75 Å². The number of aryl methyl sites for hydroxylation is 1. The van der Waals surface area contributed by atoms with Gasteiger partial charge in [-0.1, -0.05) is 13.0 Å². The van der Waals surface area contributed by atoms with Crippen LogP contribution in [0, 0.1) is 0 Å². The molecule has 0 saturated carbocycles. The van der Waals surface area contributed by atoms with Gasteiger partial charge in [0.1, 0.15) is 5.75 Å². The Balaban J connectivity index is 1.93. The molecule has 108 valence electrons. The Labute approximate surface area is 118 Å². The third-order valence-corrected chi connectivity index (χ3v) is 3.57. The topological polar surface area (TPSA) is 69.6 Å². The Morgan fingerprint density at radius 2 is 2.00 bits per heavy atom. The number of hydrogen-bond acceptors (Lipinski definition) is 3. The highest BCUT2D eigenvalue weighted by molar-refractivity contribution is 5.98. The first-order valence-corrected chi connectivity index (χ1v) is 6.99. The summed E-state index contributed by atoms with van der Waals surface area (Å²) in [5.74, 6) is -0.534. The van der Waals surface area contributed by atoms with Crippen LogP contribution in [-0.2, 0) is 11.2 Å². The van der Waals surface area contributed by atoms with E-state index in [1.807, 2.05) is 6.92 Å². The van der Waals surface area contributed by atoms with Gasteiger partial charge in [-0.3, -0.25) is 9.59 Å². The molecule has 2 N–H and O–H groups in total. The third-order valence-electron chi connectivity index (χ3n) is 3.57. The summed E-state index contributed by atoms with van der Waals surface area (Å²) in [6.45, 7) is 3.49. The maximum Gasteiger partial charge on any atom is 0.255 e. The van der Waals surface area contributed by atoms with Gasteiger partial charge in [-0.25, -0.2) is 0 Å². The minimum atomic E-state index is -0.419. The first-order valence-electron chi connectivity index (χ1n) is 6.99. The smallest absolute Gasteiger partial charge is 0.255 e. The van der Waals surface area contributed by atoms with Gasteiger partial charge in [-0.05, 0) is 37.0 Å². The van der Waals surface area contributed by atoms with E-state index in [9.17, 15) is 14.7 Å². The monoisotopic (exact) mass is 276 g/mol. The van der Waals surface area contributed by atoms with Gasteiger partial charge < -0.3 is 15.3 Å². The average molecular weight is 276 g/mol. The maximum absolute atomic E-state index is 11.9. The van der Waals surface area contributed by atoms with Crippen molar-refractivity contribution in [3.05, 3.63) is 29.3 Å². The SMILES string of the molecule is CCc1ccc(C(=O)NCC(=O)N2CCCC2)c(O)c1. The highest BCUT2D eigenvalue weighted by Gasteiger charge is 2.19. The molecule has 1 aliphatic rings. The zero-order chi connectivity index (χ0) is 14.5. The predicted molar refractivity (Wildman–Crippen MR) is 75.6 cm³/mol. The lowest BCUT2D eigenvalue weighted by molar-refractivity contribution is -0.129. The molecular formula is C15H20N2O3. The molecule has 1 heterocycles.